The van der Waals surface area contributed by atoms with Gasteiger partial charge in [-0.25, -0.2) is 13.4 Å². The molecule has 1 amide bonds. The van der Waals surface area contributed by atoms with Crippen LogP contribution in [0.15, 0.2) is 70.7 Å². The molecule has 42 heavy (non-hydrogen) atoms. The van der Waals surface area contributed by atoms with Crippen LogP contribution in [0.25, 0.3) is 0 Å². The normalized spacial score (nSPS) is 19.7. The van der Waals surface area contributed by atoms with Crippen molar-refractivity contribution in [3.05, 3.63) is 72.1 Å². The summed E-state index contributed by atoms with van der Waals surface area (Å²) in [5.41, 5.74) is 9.86. The number of H-pyrrole nitrogens is 1. The molecule has 1 atom stereocenters. The van der Waals surface area contributed by atoms with Gasteiger partial charge < -0.3 is 25.8 Å². The van der Waals surface area contributed by atoms with E-state index in [1.54, 1.807) is 50.4 Å². The van der Waals surface area contributed by atoms with Crippen molar-refractivity contribution >= 4 is 38.6 Å². The number of likely N-dealkylation sites (tertiary alicyclic amines) is 1. The number of para-hydroxylation sites is 1. The topological polar surface area (TPSA) is 148 Å². The van der Waals surface area contributed by atoms with E-state index >= 15 is 0 Å². The highest BCUT2D eigenvalue weighted by atomic mass is 32.2. The lowest BCUT2D eigenvalue weighted by Crippen LogP contribution is -2.47. The summed E-state index contributed by atoms with van der Waals surface area (Å²) in [7, 11) is 0.639. The molecular weight excluding hydrogens is 552 g/mol. The Hall–Kier alpha value is -3.71. The zero-order valence-corrected chi connectivity index (χ0v) is 25.3. The number of nitrogens with two attached hydrogens (primary N) is 1. The highest BCUT2D eigenvalue weighted by Gasteiger charge is 2.35. The van der Waals surface area contributed by atoms with Gasteiger partial charge in [-0.2, -0.15) is 0 Å². The Morgan fingerprint density at radius 1 is 1.14 bits per heavy atom. The van der Waals surface area contributed by atoms with Crippen molar-refractivity contribution < 1.29 is 13.2 Å². The van der Waals surface area contributed by atoms with Gasteiger partial charge in [0.25, 0.3) is 0 Å². The van der Waals surface area contributed by atoms with E-state index < -0.39 is 20.9 Å². The van der Waals surface area contributed by atoms with E-state index in [0.717, 1.165) is 25.9 Å². The SMILES string of the molecule is CC(C)S(=O)(=O)c1ccccc1NC1=NC(N)(c2cccc(NC(=O)CN3CCC(N(C)C)CC3)c2)Nc2cc[nH]c21. The van der Waals surface area contributed by atoms with Gasteiger partial charge in [0.2, 0.25) is 11.7 Å². The van der Waals surface area contributed by atoms with Crippen molar-refractivity contribution in [2.75, 3.05) is 49.7 Å². The second-order valence-electron chi connectivity index (χ2n) is 11.4. The molecule has 11 nitrogen and oxygen atoms in total. The van der Waals surface area contributed by atoms with Crippen LogP contribution < -0.4 is 21.7 Å². The standard InChI is InChI=1S/C30H40N8O3S/c1-20(2)42(40,41)26-11-6-5-10-24(26)34-29-28-25(12-15-32-28)35-30(31,36-29)21-8-7-9-22(18-21)33-27(39)19-38-16-13-23(14-17-38)37(3)4/h5-12,15,18,20,23,32,35H,13-14,16-17,19,31H2,1-4H3,(H,33,39)(H,34,36). The number of amides is 1. The highest BCUT2D eigenvalue weighted by Crippen LogP contribution is 2.33. The van der Waals surface area contributed by atoms with E-state index in [2.05, 4.69) is 44.8 Å². The van der Waals surface area contributed by atoms with Crippen molar-refractivity contribution in [2.45, 2.75) is 48.7 Å². The lowest BCUT2D eigenvalue weighted by Gasteiger charge is -2.34. The molecule has 12 heteroatoms. The first kappa shape index (κ1) is 29.8. The Morgan fingerprint density at radius 3 is 2.60 bits per heavy atom. The Kier molecular flexibility index (Phi) is 8.42. The monoisotopic (exact) mass is 592 g/mol. The highest BCUT2D eigenvalue weighted by molar-refractivity contribution is 7.92. The Labute approximate surface area is 247 Å². The van der Waals surface area contributed by atoms with Crippen LogP contribution in [0.3, 0.4) is 0 Å². The van der Waals surface area contributed by atoms with E-state index in [4.69, 9.17) is 10.7 Å². The molecule has 0 bridgehead atoms. The number of aromatic nitrogens is 1. The van der Waals surface area contributed by atoms with Crippen molar-refractivity contribution in [3.8, 4) is 0 Å². The van der Waals surface area contributed by atoms with Crippen molar-refractivity contribution in [1.29, 1.82) is 0 Å². The van der Waals surface area contributed by atoms with Gasteiger partial charge in [0.05, 0.1) is 28.1 Å². The average Bonchev–Trinajstić information content (AvgIpc) is 3.42. The number of aliphatic imine (C=N–C) groups is 1. The molecule has 224 valence electrons. The Morgan fingerprint density at radius 2 is 1.88 bits per heavy atom. The largest absolute Gasteiger partial charge is 0.357 e. The summed E-state index contributed by atoms with van der Waals surface area (Å²) in [6, 6.07) is 16.4. The summed E-state index contributed by atoms with van der Waals surface area (Å²) in [6.45, 7) is 5.41. The summed E-state index contributed by atoms with van der Waals surface area (Å²) in [5.74, 6) is -1.09. The first-order valence-electron chi connectivity index (χ1n) is 14.2. The van der Waals surface area contributed by atoms with Crippen molar-refractivity contribution in [2.24, 2.45) is 10.7 Å². The molecule has 1 aromatic heterocycles. The van der Waals surface area contributed by atoms with Crippen molar-refractivity contribution in [1.82, 2.24) is 14.8 Å². The predicted octanol–water partition coefficient (Wildman–Crippen LogP) is 3.21. The molecule has 6 N–H and O–H groups in total. The van der Waals surface area contributed by atoms with Crippen LogP contribution in [-0.4, -0.2) is 80.0 Å². The van der Waals surface area contributed by atoms with E-state index in [0.29, 0.717) is 46.7 Å². The molecule has 0 aliphatic carbocycles. The lowest BCUT2D eigenvalue weighted by atomic mass is 10.0. The summed E-state index contributed by atoms with van der Waals surface area (Å²) >= 11 is 0. The van der Waals surface area contributed by atoms with Gasteiger partial charge in [-0.3, -0.25) is 15.4 Å². The number of nitrogens with one attached hydrogen (secondary N) is 4. The minimum absolute atomic E-state index is 0.0834. The van der Waals surface area contributed by atoms with Crippen LogP contribution in [0.4, 0.5) is 17.1 Å². The summed E-state index contributed by atoms with van der Waals surface area (Å²) in [6.07, 6.45) is 3.84. The maximum atomic E-state index is 13.1. The molecule has 1 saturated heterocycles. The van der Waals surface area contributed by atoms with Crippen LogP contribution in [0, 0.1) is 0 Å². The minimum Gasteiger partial charge on any atom is -0.357 e. The van der Waals surface area contributed by atoms with Crippen LogP contribution in [-0.2, 0) is 20.4 Å². The molecule has 1 fully saturated rings. The molecule has 2 aromatic carbocycles. The van der Waals surface area contributed by atoms with E-state index in [1.165, 1.54) is 0 Å². The number of carbonyl (C=O) groups excluding carboxylic acids is 1. The fraction of sp³-hybridized carbons (Fsp3) is 0.400. The number of anilines is 3. The van der Waals surface area contributed by atoms with E-state index in [9.17, 15) is 13.2 Å². The van der Waals surface area contributed by atoms with Gasteiger partial charge in [-0.15, -0.1) is 0 Å². The summed E-state index contributed by atoms with van der Waals surface area (Å²) in [4.78, 5) is 25.5. The minimum atomic E-state index is -3.56. The first-order chi connectivity index (χ1) is 20.0. The molecule has 0 spiro atoms. The Bertz CT molecular complexity index is 1570. The van der Waals surface area contributed by atoms with Crippen LogP contribution in [0.5, 0.6) is 0 Å². The van der Waals surface area contributed by atoms with Gasteiger partial charge in [0.15, 0.2) is 15.7 Å². The van der Waals surface area contributed by atoms with Gasteiger partial charge in [0.1, 0.15) is 5.69 Å². The lowest BCUT2D eigenvalue weighted by molar-refractivity contribution is -0.117. The molecule has 2 aliphatic heterocycles. The third kappa shape index (κ3) is 6.21. The smallest absolute Gasteiger partial charge is 0.238 e. The van der Waals surface area contributed by atoms with Crippen LogP contribution >= 0.6 is 0 Å². The van der Waals surface area contributed by atoms with Gasteiger partial charge >= 0.3 is 0 Å². The zero-order valence-electron chi connectivity index (χ0n) is 24.5. The second-order valence-corrected chi connectivity index (χ2v) is 13.9. The third-order valence-corrected chi connectivity index (χ3v) is 10.1. The van der Waals surface area contributed by atoms with E-state index in [1.807, 2.05) is 24.3 Å². The number of amidine groups is 1. The fourth-order valence-electron chi connectivity index (χ4n) is 5.39. The van der Waals surface area contributed by atoms with Gasteiger partial charge in [0, 0.05) is 36.6 Å². The van der Waals surface area contributed by atoms with Crippen molar-refractivity contribution in [3.63, 3.8) is 0 Å². The number of benzene rings is 2. The number of carbonyl (C=O) groups is 1. The molecular formula is C30H40N8O3S. The second kappa shape index (κ2) is 11.9. The summed E-state index contributed by atoms with van der Waals surface area (Å²) in [5, 5.41) is 8.92. The molecule has 3 aromatic rings. The predicted molar refractivity (Wildman–Crippen MR) is 167 cm³/mol. The van der Waals surface area contributed by atoms with Crippen LogP contribution in [0.2, 0.25) is 0 Å². The first-order valence-corrected chi connectivity index (χ1v) is 15.7. The fourth-order valence-corrected chi connectivity index (χ4v) is 6.59. The van der Waals surface area contributed by atoms with E-state index in [-0.39, 0.29) is 10.8 Å². The number of hydrogen-bond acceptors (Lipinski definition) is 9. The summed E-state index contributed by atoms with van der Waals surface area (Å²) < 4.78 is 26.1. The maximum Gasteiger partial charge on any atom is 0.238 e. The molecule has 2 aliphatic rings. The number of piperidine rings is 1. The number of hydrogen-bond donors (Lipinski definition) is 5. The Balaban J connectivity index is 1.37. The molecule has 3 heterocycles. The van der Waals surface area contributed by atoms with Crippen LogP contribution in [0.1, 0.15) is 37.9 Å². The molecule has 0 radical (unpaired) electrons. The third-order valence-electron chi connectivity index (χ3n) is 7.91. The molecule has 5 rings (SSSR count). The number of aromatic amines is 1. The number of rotatable bonds is 8. The average molecular weight is 593 g/mol. The number of sulfone groups is 1. The zero-order chi connectivity index (χ0) is 30.1. The quantitative estimate of drug-likeness (QED) is 0.268. The van der Waals surface area contributed by atoms with Gasteiger partial charge in [-0.05, 0) is 71.1 Å². The maximum absolute atomic E-state index is 13.1. The number of nitrogens with zero attached hydrogens (tertiary/aromatic N) is 3. The van der Waals surface area contributed by atoms with Gasteiger partial charge in [-0.1, -0.05) is 24.3 Å². The molecule has 0 saturated carbocycles. The number of fused-ring (bicyclic) bond motifs is 1. The molecule has 1 unspecified atom stereocenters.